The summed E-state index contributed by atoms with van der Waals surface area (Å²) < 4.78 is 16.7. The number of aromatic nitrogens is 4. The van der Waals surface area contributed by atoms with E-state index in [9.17, 15) is 9.00 Å². The molecule has 2 aliphatic rings. The number of imidazole rings is 1. The van der Waals surface area contributed by atoms with Crippen molar-refractivity contribution in [3.05, 3.63) is 93.9 Å². The molecule has 2 aliphatic heterocycles. The third-order valence-electron chi connectivity index (χ3n) is 9.59. The summed E-state index contributed by atoms with van der Waals surface area (Å²) in [5.74, 6) is 0.516. The minimum atomic E-state index is -1.06. The van der Waals surface area contributed by atoms with Crippen molar-refractivity contribution >= 4 is 39.5 Å². The second-order valence-electron chi connectivity index (χ2n) is 13.0. The summed E-state index contributed by atoms with van der Waals surface area (Å²) in [5.41, 5.74) is 9.40. The van der Waals surface area contributed by atoms with Crippen molar-refractivity contribution in [1.29, 1.82) is 0 Å². The van der Waals surface area contributed by atoms with E-state index < -0.39 is 11.0 Å². The molecule has 7 rings (SSSR count). The van der Waals surface area contributed by atoms with E-state index in [0.29, 0.717) is 23.0 Å². The maximum atomic E-state index is 13.4. The van der Waals surface area contributed by atoms with Crippen molar-refractivity contribution in [3.8, 4) is 22.4 Å². The van der Waals surface area contributed by atoms with Crippen molar-refractivity contribution in [3.63, 3.8) is 0 Å². The van der Waals surface area contributed by atoms with E-state index in [1.807, 2.05) is 66.7 Å². The Bertz CT molecular complexity index is 2000. The minimum absolute atomic E-state index is 0.192. The minimum Gasteiger partial charge on any atom is -0.342 e. The van der Waals surface area contributed by atoms with Gasteiger partial charge < -0.3 is 15.2 Å². The van der Waals surface area contributed by atoms with Crippen LogP contribution in [0.5, 0.6) is 0 Å². The first-order valence-electron chi connectivity index (χ1n) is 16.8. The Labute approximate surface area is 289 Å². The van der Waals surface area contributed by atoms with Gasteiger partial charge in [-0.15, -0.1) is 0 Å². The molecule has 250 valence electrons. The lowest BCUT2D eigenvalue weighted by Crippen LogP contribution is -2.32. The molecule has 5 aromatic rings. The largest absolute Gasteiger partial charge is 0.342 e. The smallest absolute Gasteiger partial charge is 0.251 e. The molecule has 11 heteroatoms. The number of halogens is 1. The van der Waals surface area contributed by atoms with Crippen LogP contribution in [-0.4, -0.2) is 71.5 Å². The van der Waals surface area contributed by atoms with Gasteiger partial charge in [0.2, 0.25) is 0 Å². The molecule has 1 saturated heterocycles. The van der Waals surface area contributed by atoms with Crippen LogP contribution in [0.1, 0.15) is 65.2 Å². The predicted molar refractivity (Wildman–Crippen MR) is 193 cm³/mol. The number of carbonyl (C=O) groups is 1. The molecule has 0 radical (unpaired) electrons. The molecule has 2 atom stereocenters. The van der Waals surface area contributed by atoms with Crippen LogP contribution in [0, 0.1) is 6.92 Å². The second kappa shape index (κ2) is 14.0. The fourth-order valence-corrected chi connectivity index (χ4v) is 7.86. The Balaban J connectivity index is 1.14. The molecule has 2 aromatic heterocycles. The Kier molecular flexibility index (Phi) is 9.51. The molecule has 1 fully saturated rings. The zero-order valence-corrected chi connectivity index (χ0v) is 29.3. The van der Waals surface area contributed by atoms with Crippen LogP contribution in [0.2, 0.25) is 5.02 Å². The predicted octanol–water partition coefficient (Wildman–Crippen LogP) is 6.68. The fourth-order valence-electron chi connectivity index (χ4n) is 6.97. The number of benzene rings is 3. The molecule has 0 saturated carbocycles. The molecule has 2 unspecified atom stereocenters. The van der Waals surface area contributed by atoms with Gasteiger partial charge in [-0.25, -0.2) is 13.5 Å². The summed E-state index contributed by atoms with van der Waals surface area (Å²) in [6, 6.07) is 19.3. The number of nitrogens with zero attached hydrogens (tertiary/aromatic N) is 5. The van der Waals surface area contributed by atoms with E-state index in [1.54, 1.807) is 6.26 Å². The molecule has 9 nitrogen and oxygen atoms in total. The Morgan fingerprint density at radius 2 is 1.88 bits per heavy atom. The lowest BCUT2D eigenvalue weighted by atomic mass is 9.97. The number of hydrogen-bond acceptors (Lipinski definition) is 5. The summed E-state index contributed by atoms with van der Waals surface area (Å²) in [7, 11) is -1.06. The molecule has 0 aliphatic carbocycles. The quantitative estimate of drug-likeness (QED) is 0.171. The lowest BCUT2D eigenvalue weighted by Gasteiger charge is -2.25. The Morgan fingerprint density at radius 3 is 2.69 bits per heavy atom. The van der Waals surface area contributed by atoms with Gasteiger partial charge in [-0.05, 0) is 100 Å². The standard InChI is InChI=1S/C37H42ClN7O2S/c1-24-10-13-32-33(20-24)41-36(40-32)25(2)39-37(46)28-9-6-8-26(21-28)29-22-27(11-12-31(29)38)35-30-23-44(48(3)47)19-14-34(30)45(42-35)18-7-17-43-15-4-5-16-43/h6,8-13,20-22,25H,4-5,7,14-19,23H2,1-3H3,(H,39,46)(H,40,41). The van der Waals surface area contributed by atoms with Crippen molar-refractivity contribution in [2.45, 2.75) is 58.7 Å². The maximum Gasteiger partial charge on any atom is 0.251 e. The summed E-state index contributed by atoms with van der Waals surface area (Å²) in [4.78, 5) is 24.0. The molecule has 1 amide bonds. The number of carbonyl (C=O) groups excluding carboxylic acids is 1. The van der Waals surface area contributed by atoms with Crippen LogP contribution >= 0.6 is 11.6 Å². The highest BCUT2D eigenvalue weighted by Gasteiger charge is 2.28. The maximum absolute atomic E-state index is 13.4. The zero-order chi connectivity index (χ0) is 33.4. The molecular weight excluding hydrogens is 642 g/mol. The highest BCUT2D eigenvalue weighted by Crippen LogP contribution is 2.36. The molecule has 0 spiro atoms. The number of aryl methyl sites for hydroxylation is 2. The van der Waals surface area contributed by atoms with Crippen LogP contribution in [0.25, 0.3) is 33.4 Å². The first-order chi connectivity index (χ1) is 23.2. The fraction of sp³-hybridized carbons (Fsp3) is 0.378. The first kappa shape index (κ1) is 32.7. The van der Waals surface area contributed by atoms with Crippen molar-refractivity contribution < 1.29 is 9.00 Å². The third kappa shape index (κ3) is 6.85. The number of H-pyrrole nitrogens is 1. The van der Waals surface area contributed by atoms with Gasteiger partial charge in [0.25, 0.3) is 5.91 Å². The summed E-state index contributed by atoms with van der Waals surface area (Å²) in [5, 5.41) is 8.86. The summed E-state index contributed by atoms with van der Waals surface area (Å²) in [6.45, 7) is 9.64. The zero-order valence-electron chi connectivity index (χ0n) is 27.8. The Hall–Kier alpha value is -3.83. The number of hydrogen-bond donors (Lipinski definition) is 2. The van der Waals surface area contributed by atoms with Gasteiger partial charge in [-0.1, -0.05) is 35.9 Å². The van der Waals surface area contributed by atoms with Crippen LogP contribution in [-0.2, 0) is 30.5 Å². The van der Waals surface area contributed by atoms with Crippen LogP contribution in [0.15, 0.2) is 60.7 Å². The SMILES string of the molecule is Cc1ccc2nc(C(C)NC(=O)c3cccc(-c4cc(-c5nn(CCCN6CCCC6)c6c5CN(S(C)=O)CC6)ccc4Cl)c3)[nH]c2c1. The number of likely N-dealkylation sites (tertiary alicyclic amines) is 1. The lowest BCUT2D eigenvalue weighted by molar-refractivity contribution is 0.0938. The normalized spacial score (nSPS) is 16.7. The molecule has 48 heavy (non-hydrogen) atoms. The van der Waals surface area contributed by atoms with Gasteiger partial charge in [0.1, 0.15) is 5.82 Å². The number of amides is 1. The topological polar surface area (TPSA) is 99.2 Å². The van der Waals surface area contributed by atoms with Crippen LogP contribution in [0.4, 0.5) is 0 Å². The number of rotatable bonds is 10. The average molecular weight is 684 g/mol. The van der Waals surface area contributed by atoms with Gasteiger partial charge in [-0.2, -0.15) is 5.10 Å². The third-order valence-corrected chi connectivity index (χ3v) is 11.0. The van der Waals surface area contributed by atoms with Crippen LogP contribution < -0.4 is 5.32 Å². The number of fused-ring (bicyclic) bond motifs is 2. The van der Waals surface area contributed by atoms with Gasteiger partial charge in [-0.3, -0.25) is 9.48 Å². The van der Waals surface area contributed by atoms with E-state index >= 15 is 0 Å². The second-order valence-corrected chi connectivity index (χ2v) is 14.8. The van der Waals surface area contributed by atoms with Crippen molar-refractivity contribution in [1.82, 2.24) is 34.3 Å². The van der Waals surface area contributed by atoms with E-state index in [-0.39, 0.29) is 11.9 Å². The monoisotopic (exact) mass is 683 g/mol. The van der Waals surface area contributed by atoms with Gasteiger partial charge >= 0.3 is 0 Å². The summed E-state index contributed by atoms with van der Waals surface area (Å²) in [6.07, 6.45) is 6.19. The molecular formula is C37H42ClN7O2S. The highest BCUT2D eigenvalue weighted by molar-refractivity contribution is 7.81. The first-order valence-corrected chi connectivity index (χ1v) is 18.7. The van der Waals surface area contributed by atoms with Gasteiger partial charge in [0.05, 0.1) is 33.8 Å². The summed E-state index contributed by atoms with van der Waals surface area (Å²) >= 11 is 6.82. The van der Waals surface area contributed by atoms with Crippen molar-refractivity contribution in [2.24, 2.45) is 0 Å². The molecule has 0 bridgehead atoms. The number of nitrogens with one attached hydrogen (secondary N) is 2. The average Bonchev–Trinajstić information content (AvgIpc) is 3.84. The molecule has 4 heterocycles. The number of aromatic amines is 1. The van der Waals surface area contributed by atoms with Gasteiger partial charge in [0.15, 0.2) is 0 Å². The Morgan fingerprint density at radius 1 is 1.04 bits per heavy atom. The van der Waals surface area contributed by atoms with Crippen molar-refractivity contribution in [2.75, 3.05) is 32.4 Å². The molecule has 2 N–H and O–H groups in total. The van der Waals surface area contributed by atoms with E-state index in [0.717, 1.165) is 77.0 Å². The molecule has 3 aromatic carbocycles. The van der Waals surface area contributed by atoms with Gasteiger partial charge in [0, 0.05) is 65.3 Å². The van der Waals surface area contributed by atoms with E-state index in [4.69, 9.17) is 16.7 Å². The highest BCUT2D eigenvalue weighted by atomic mass is 35.5. The van der Waals surface area contributed by atoms with Crippen LogP contribution in [0.3, 0.4) is 0 Å². The van der Waals surface area contributed by atoms with E-state index in [1.165, 1.54) is 31.6 Å². The van der Waals surface area contributed by atoms with E-state index in [2.05, 4.69) is 37.0 Å².